The van der Waals surface area contributed by atoms with Crippen LogP contribution in [0.2, 0.25) is 0 Å². The summed E-state index contributed by atoms with van der Waals surface area (Å²) in [5, 5.41) is 2.15. The van der Waals surface area contributed by atoms with Crippen LogP contribution in [0, 0.1) is 0 Å². The Hall–Kier alpha value is -3.06. The quantitative estimate of drug-likeness (QED) is 0.412. The largest absolute Gasteiger partial charge is 0.341 e. The van der Waals surface area contributed by atoms with E-state index < -0.39 is 0 Å². The Bertz CT molecular complexity index is 1250. The number of halogens is 1. The van der Waals surface area contributed by atoms with Crippen LogP contribution in [-0.2, 0) is 0 Å². The number of fused-ring (bicyclic) bond motifs is 2. The average molecular weight is 475 g/mol. The van der Waals surface area contributed by atoms with E-state index in [1.54, 1.807) is 0 Å². The molecule has 0 bridgehead atoms. The number of aromatic nitrogens is 4. The molecule has 2 fully saturated rings. The van der Waals surface area contributed by atoms with Crippen LogP contribution in [0.5, 0.6) is 0 Å². The van der Waals surface area contributed by atoms with Crippen LogP contribution in [0.4, 0.5) is 11.9 Å². The van der Waals surface area contributed by atoms with Crippen LogP contribution in [-0.4, -0.2) is 46.1 Å². The zero-order valence-electron chi connectivity index (χ0n) is 17.2. The zero-order valence-corrected chi connectivity index (χ0v) is 18.8. The molecule has 0 spiro atoms. The molecule has 2 aromatic heterocycles. The predicted molar refractivity (Wildman–Crippen MR) is 131 cm³/mol. The maximum atomic E-state index is 4.55. The SMILES string of the molecule is Brc1ccc2nc(N3CCC3)ncc2c1.C=Cc1ccc2nc(N3CCC3)ncc2c1. The summed E-state index contributed by atoms with van der Waals surface area (Å²) in [5.74, 6) is 1.71. The van der Waals surface area contributed by atoms with Gasteiger partial charge in [-0.3, -0.25) is 0 Å². The van der Waals surface area contributed by atoms with Crippen molar-refractivity contribution < 1.29 is 0 Å². The summed E-state index contributed by atoms with van der Waals surface area (Å²) in [6.45, 7) is 8.09. The molecule has 156 valence electrons. The van der Waals surface area contributed by atoms with E-state index in [1.165, 1.54) is 12.8 Å². The van der Waals surface area contributed by atoms with Gasteiger partial charge in [0.2, 0.25) is 11.9 Å². The van der Waals surface area contributed by atoms with Gasteiger partial charge in [0.1, 0.15) is 0 Å². The van der Waals surface area contributed by atoms with Crippen LogP contribution < -0.4 is 9.80 Å². The molecule has 2 aliphatic rings. The molecule has 4 aromatic rings. The lowest BCUT2D eigenvalue weighted by Crippen LogP contribution is -2.38. The van der Waals surface area contributed by atoms with Crippen LogP contribution in [0.3, 0.4) is 0 Å². The van der Waals surface area contributed by atoms with E-state index in [1.807, 2.05) is 48.8 Å². The normalized spacial score (nSPS) is 15.1. The standard InChI is InChI=1S/C13H13N3.C11H10BrN3/c1-2-10-4-5-12-11(8-10)9-14-13(15-12)16-6-3-7-16;12-9-2-3-10-8(6-9)7-13-11(14-10)15-4-1-5-15/h2,4-5,8-9H,1,3,6-7H2;2-3,6-7H,1,4-5H2. The molecule has 0 radical (unpaired) electrons. The van der Waals surface area contributed by atoms with Gasteiger partial charge in [0.25, 0.3) is 0 Å². The maximum absolute atomic E-state index is 4.55. The van der Waals surface area contributed by atoms with Gasteiger partial charge >= 0.3 is 0 Å². The maximum Gasteiger partial charge on any atom is 0.225 e. The highest BCUT2D eigenvalue weighted by Gasteiger charge is 2.17. The van der Waals surface area contributed by atoms with E-state index in [0.717, 1.165) is 69.9 Å². The van der Waals surface area contributed by atoms with Gasteiger partial charge in [-0.05, 0) is 48.7 Å². The number of rotatable bonds is 3. The number of hydrogen-bond donors (Lipinski definition) is 0. The Labute approximate surface area is 189 Å². The van der Waals surface area contributed by atoms with Gasteiger partial charge < -0.3 is 9.80 Å². The van der Waals surface area contributed by atoms with E-state index in [9.17, 15) is 0 Å². The van der Waals surface area contributed by atoms with E-state index in [2.05, 4.69) is 58.3 Å². The molecular formula is C24H23BrN6. The second-order valence-electron chi connectivity index (χ2n) is 7.75. The van der Waals surface area contributed by atoms with Gasteiger partial charge in [-0.15, -0.1) is 0 Å². The van der Waals surface area contributed by atoms with Crippen LogP contribution in [0.15, 0.2) is 59.8 Å². The molecule has 4 heterocycles. The zero-order chi connectivity index (χ0) is 21.2. The van der Waals surface area contributed by atoms with E-state index in [4.69, 9.17) is 0 Å². The summed E-state index contributed by atoms with van der Waals surface area (Å²) in [6, 6.07) is 12.2. The molecule has 31 heavy (non-hydrogen) atoms. The molecule has 0 aliphatic carbocycles. The Morgan fingerprint density at radius 1 is 0.774 bits per heavy atom. The Morgan fingerprint density at radius 2 is 1.32 bits per heavy atom. The molecule has 0 atom stereocenters. The highest BCUT2D eigenvalue weighted by atomic mass is 79.9. The third kappa shape index (κ3) is 4.23. The number of nitrogens with zero attached hydrogens (tertiary/aromatic N) is 6. The van der Waals surface area contributed by atoms with Gasteiger partial charge in [-0.1, -0.05) is 34.7 Å². The summed E-state index contributed by atoms with van der Waals surface area (Å²) in [4.78, 5) is 22.2. The Kier molecular flexibility index (Phi) is 5.51. The molecule has 7 heteroatoms. The first-order valence-corrected chi connectivity index (χ1v) is 11.3. The summed E-state index contributed by atoms with van der Waals surface area (Å²) in [6.07, 6.45) is 8.12. The topological polar surface area (TPSA) is 58.0 Å². The molecule has 2 saturated heterocycles. The van der Waals surface area contributed by atoms with Crippen molar-refractivity contribution in [1.29, 1.82) is 0 Å². The summed E-state index contributed by atoms with van der Waals surface area (Å²) in [5.41, 5.74) is 3.12. The minimum atomic E-state index is 0.852. The van der Waals surface area contributed by atoms with Crippen molar-refractivity contribution in [3.8, 4) is 0 Å². The molecule has 0 N–H and O–H groups in total. The number of hydrogen-bond acceptors (Lipinski definition) is 6. The molecule has 2 aromatic carbocycles. The average Bonchev–Trinajstić information content (AvgIpc) is 2.71. The first kappa shape index (κ1) is 19.9. The van der Waals surface area contributed by atoms with Crippen molar-refractivity contribution in [2.75, 3.05) is 36.0 Å². The lowest BCUT2D eigenvalue weighted by Gasteiger charge is -2.30. The number of benzene rings is 2. The second kappa shape index (κ2) is 8.59. The second-order valence-corrected chi connectivity index (χ2v) is 8.66. The van der Waals surface area contributed by atoms with E-state index in [0.29, 0.717) is 0 Å². The lowest BCUT2D eigenvalue weighted by atomic mass is 10.1. The highest BCUT2D eigenvalue weighted by Crippen LogP contribution is 2.22. The van der Waals surface area contributed by atoms with Crippen molar-refractivity contribution >= 4 is 55.7 Å². The molecule has 0 amide bonds. The van der Waals surface area contributed by atoms with E-state index in [-0.39, 0.29) is 0 Å². The minimum absolute atomic E-state index is 0.852. The van der Waals surface area contributed by atoms with Crippen molar-refractivity contribution in [2.24, 2.45) is 0 Å². The number of anilines is 2. The summed E-state index contributed by atoms with van der Waals surface area (Å²) < 4.78 is 1.07. The highest BCUT2D eigenvalue weighted by molar-refractivity contribution is 9.10. The van der Waals surface area contributed by atoms with Gasteiger partial charge in [-0.2, -0.15) is 0 Å². The lowest BCUT2D eigenvalue weighted by molar-refractivity contribution is 0.601. The third-order valence-corrected chi connectivity index (χ3v) is 6.13. The van der Waals surface area contributed by atoms with Crippen LogP contribution in [0.1, 0.15) is 18.4 Å². The summed E-state index contributed by atoms with van der Waals surface area (Å²) >= 11 is 3.44. The predicted octanol–water partition coefficient (Wildman–Crippen LogP) is 5.09. The van der Waals surface area contributed by atoms with Crippen LogP contribution >= 0.6 is 15.9 Å². The van der Waals surface area contributed by atoms with Crippen molar-refractivity contribution in [2.45, 2.75) is 12.8 Å². The smallest absolute Gasteiger partial charge is 0.225 e. The van der Waals surface area contributed by atoms with Crippen molar-refractivity contribution in [1.82, 2.24) is 19.9 Å². The van der Waals surface area contributed by atoms with Crippen molar-refractivity contribution in [3.05, 3.63) is 65.4 Å². The molecule has 6 rings (SSSR count). The Morgan fingerprint density at radius 3 is 1.84 bits per heavy atom. The fourth-order valence-electron chi connectivity index (χ4n) is 3.50. The third-order valence-electron chi connectivity index (χ3n) is 5.63. The molecular weight excluding hydrogens is 452 g/mol. The van der Waals surface area contributed by atoms with Gasteiger partial charge in [-0.25, -0.2) is 19.9 Å². The van der Waals surface area contributed by atoms with Gasteiger partial charge in [0.15, 0.2) is 0 Å². The monoisotopic (exact) mass is 474 g/mol. The Balaban J connectivity index is 0.000000132. The van der Waals surface area contributed by atoms with Gasteiger partial charge in [0, 0.05) is 53.8 Å². The molecule has 0 unspecified atom stereocenters. The van der Waals surface area contributed by atoms with E-state index >= 15 is 0 Å². The van der Waals surface area contributed by atoms with Crippen LogP contribution in [0.25, 0.3) is 27.9 Å². The summed E-state index contributed by atoms with van der Waals surface area (Å²) in [7, 11) is 0. The van der Waals surface area contributed by atoms with Crippen molar-refractivity contribution in [3.63, 3.8) is 0 Å². The molecule has 0 saturated carbocycles. The fourth-order valence-corrected chi connectivity index (χ4v) is 3.88. The molecule has 2 aliphatic heterocycles. The fraction of sp³-hybridized carbons (Fsp3) is 0.250. The minimum Gasteiger partial charge on any atom is -0.341 e. The first-order chi connectivity index (χ1) is 15.2. The first-order valence-electron chi connectivity index (χ1n) is 10.5. The molecule has 6 nitrogen and oxygen atoms in total. The van der Waals surface area contributed by atoms with Gasteiger partial charge in [0.05, 0.1) is 11.0 Å².